The maximum atomic E-state index is 5.30. The average Bonchev–Trinajstić information content (AvgIpc) is 2.94. The Morgan fingerprint density at radius 3 is 2.68 bits per heavy atom. The molecule has 1 fully saturated rings. The van der Waals surface area contributed by atoms with Crippen LogP contribution in [0.3, 0.4) is 0 Å². The molecule has 0 aliphatic heterocycles. The Bertz CT molecular complexity index is 396. The summed E-state index contributed by atoms with van der Waals surface area (Å²) in [6.07, 6.45) is 6.89. The van der Waals surface area contributed by atoms with Crippen molar-refractivity contribution in [1.82, 2.24) is 5.32 Å². The number of methoxy groups -OCH3 is 1. The van der Waals surface area contributed by atoms with Crippen LogP contribution in [0.15, 0.2) is 24.3 Å². The van der Waals surface area contributed by atoms with Crippen molar-refractivity contribution < 1.29 is 4.74 Å². The van der Waals surface area contributed by atoms with E-state index in [2.05, 4.69) is 37.4 Å². The predicted molar refractivity (Wildman–Crippen MR) is 80.6 cm³/mol. The molecule has 19 heavy (non-hydrogen) atoms. The van der Waals surface area contributed by atoms with E-state index in [9.17, 15) is 0 Å². The number of rotatable bonds is 6. The van der Waals surface area contributed by atoms with E-state index < -0.39 is 0 Å². The molecule has 0 radical (unpaired) electrons. The first kappa shape index (κ1) is 14.4. The van der Waals surface area contributed by atoms with Gasteiger partial charge in [-0.15, -0.1) is 0 Å². The molecular weight excluding hydrogens is 234 g/mol. The van der Waals surface area contributed by atoms with Crippen molar-refractivity contribution in [2.24, 2.45) is 5.41 Å². The number of hydrogen-bond acceptors (Lipinski definition) is 2. The molecule has 0 spiro atoms. The average molecular weight is 261 g/mol. The molecule has 2 nitrogen and oxygen atoms in total. The predicted octanol–water partition coefficient (Wildman–Crippen LogP) is 4.32. The normalized spacial score (nSPS) is 19.3. The highest BCUT2D eigenvalue weighted by atomic mass is 16.5. The molecule has 1 saturated carbocycles. The standard InChI is InChI=1S/C17H27NO/c1-4-17(10-5-6-11-17)13-18-14(2)15-8-7-9-16(12-15)19-3/h7-9,12,14,18H,4-6,10-11,13H2,1-3H3. The molecule has 1 unspecified atom stereocenters. The SMILES string of the molecule is CCC1(CNC(C)c2cccc(OC)c2)CCCC1. The van der Waals surface area contributed by atoms with Gasteiger partial charge in [-0.3, -0.25) is 0 Å². The third kappa shape index (κ3) is 3.50. The zero-order valence-electron chi connectivity index (χ0n) is 12.5. The van der Waals surface area contributed by atoms with Crippen LogP contribution in [0.4, 0.5) is 0 Å². The summed E-state index contributed by atoms with van der Waals surface area (Å²) >= 11 is 0. The summed E-state index contributed by atoms with van der Waals surface area (Å²) < 4.78 is 5.30. The van der Waals surface area contributed by atoms with Crippen LogP contribution in [0.1, 0.15) is 57.6 Å². The quantitative estimate of drug-likeness (QED) is 0.823. The third-order valence-electron chi connectivity index (χ3n) is 4.79. The molecule has 2 rings (SSSR count). The van der Waals surface area contributed by atoms with Gasteiger partial charge in [-0.05, 0) is 49.3 Å². The molecule has 106 valence electrons. The summed E-state index contributed by atoms with van der Waals surface area (Å²) in [4.78, 5) is 0. The van der Waals surface area contributed by atoms with Gasteiger partial charge in [-0.2, -0.15) is 0 Å². The molecule has 1 aliphatic rings. The fraction of sp³-hybridized carbons (Fsp3) is 0.647. The molecule has 1 atom stereocenters. The first-order chi connectivity index (χ1) is 9.19. The van der Waals surface area contributed by atoms with Gasteiger partial charge in [0.05, 0.1) is 7.11 Å². The van der Waals surface area contributed by atoms with E-state index in [1.807, 2.05) is 6.07 Å². The van der Waals surface area contributed by atoms with Gasteiger partial charge in [0, 0.05) is 12.6 Å². The van der Waals surface area contributed by atoms with E-state index in [0.717, 1.165) is 12.3 Å². The molecule has 1 N–H and O–H groups in total. The smallest absolute Gasteiger partial charge is 0.119 e. The van der Waals surface area contributed by atoms with Crippen molar-refractivity contribution in [2.45, 2.75) is 52.0 Å². The van der Waals surface area contributed by atoms with E-state index in [1.165, 1.54) is 37.7 Å². The Hall–Kier alpha value is -1.02. The van der Waals surface area contributed by atoms with Gasteiger partial charge in [0.15, 0.2) is 0 Å². The van der Waals surface area contributed by atoms with Crippen LogP contribution in [0.5, 0.6) is 5.75 Å². The Kier molecular flexibility index (Phi) is 4.87. The van der Waals surface area contributed by atoms with Crippen molar-refractivity contribution in [3.63, 3.8) is 0 Å². The fourth-order valence-corrected chi connectivity index (χ4v) is 3.18. The molecular formula is C17H27NO. The van der Waals surface area contributed by atoms with Crippen molar-refractivity contribution in [1.29, 1.82) is 0 Å². The number of nitrogens with one attached hydrogen (secondary N) is 1. The van der Waals surface area contributed by atoms with E-state index in [4.69, 9.17) is 4.74 Å². The molecule has 0 heterocycles. The minimum Gasteiger partial charge on any atom is -0.497 e. The highest BCUT2D eigenvalue weighted by Crippen LogP contribution is 2.40. The van der Waals surface area contributed by atoms with Crippen LogP contribution >= 0.6 is 0 Å². The topological polar surface area (TPSA) is 21.3 Å². The maximum absolute atomic E-state index is 5.30. The van der Waals surface area contributed by atoms with Gasteiger partial charge in [0.2, 0.25) is 0 Å². The van der Waals surface area contributed by atoms with Crippen molar-refractivity contribution in [3.8, 4) is 5.75 Å². The second kappa shape index (κ2) is 6.42. The van der Waals surface area contributed by atoms with E-state index in [-0.39, 0.29) is 0 Å². The lowest BCUT2D eigenvalue weighted by atomic mass is 9.83. The largest absolute Gasteiger partial charge is 0.497 e. The van der Waals surface area contributed by atoms with Gasteiger partial charge in [-0.1, -0.05) is 31.9 Å². The van der Waals surface area contributed by atoms with Gasteiger partial charge in [0.1, 0.15) is 5.75 Å². The monoisotopic (exact) mass is 261 g/mol. The van der Waals surface area contributed by atoms with Gasteiger partial charge >= 0.3 is 0 Å². The van der Waals surface area contributed by atoms with Crippen molar-refractivity contribution >= 4 is 0 Å². The zero-order chi connectivity index (χ0) is 13.7. The summed E-state index contributed by atoms with van der Waals surface area (Å²) in [7, 11) is 1.72. The molecule has 0 aromatic heterocycles. The van der Waals surface area contributed by atoms with Crippen LogP contribution in [0.2, 0.25) is 0 Å². The van der Waals surface area contributed by atoms with Gasteiger partial charge in [-0.25, -0.2) is 0 Å². The van der Waals surface area contributed by atoms with Crippen molar-refractivity contribution in [3.05, 3.63) is 29.8 Å². The fourth-order valence-electron chi connectivity index (χ4n) is 3.18. The lowest BCUT2D eigenvalue weighted by molar-refractivity contribution is 0.258. The van der Waals surface area contributed by atoms with Gasteiger partial charge in [0.25, 0.3) is 0 Å². The summed E-state index contributed by atoms with van der Waals surface area (Å²) in [5.41, 5.74) is 1.86. The number of benzene rings is 1. The molecule has 0 bridgehead atoms. The zero-order valence-corrected chi connectivity index (χ0v) is 12.5. The van der Waals surface area contributed by atoms with E-state index in [1.54, 1.807) is 7.11 Å². The van der Waals surface area contributed by atoms with Gasteiger partial charge < -0.3 is 10.1 Å². The van der Waals surface area contributed by atoms with Crippen LogP contribution in [0.25, 0.3) is 0 Å². The molecule has 1 aromatic carbocycles. The van der Waals surface area contributed by atoms with E-state index in [0.29, 0.717) is 11.5 Å². The number of hydrogen-bond donors (Lipinski definition) is 1. The summed E-state index contributed by atoms with van der Waals surface area (Å²) in [6.45, 7) is 5.72. The molecule has 0 amide bonds. The first-order valence-corrected chi connectivity index (χ1v) is 7.56. The highest BCUT2D eigenvalue weighted by molar-refractivity contribution is 5.30. The first-order valence-electron chi connectivity index (χ1n) is 7.56. The third-order valence-corrected chi connectivity index (χ3v) is 4.79. The lowest BCUT2D eigenvalue weighted by Gasteiger charge is -2.30. The van der Waals surface area contributed by atoms with Crippen LogP contribution in [-0.2, 0) is 0 Å². The second-order valence-electron chi connectivity index (χ2n) is 5.94. The Morgan fingerprint density at radius 2 is 2.05 bits per heavy atom. The number of ether oxygens (including phenoxy) is 1. The van der Waals surface area contributed by atoms with Crippen molar-refractivity contribution in [2.75, 3.05) is 13.7 Å². The summed E-state index contributed by atoms with van der Waals surface area (Å²) in [5, 5.41) is 3.73. The highest BCUT2D eigenvalue weighted by Gasteiger charge is 2.31. The molecule has 2 heteroatoms. The molecule has 1 aliphatic carbocycles. The van der Waals surface area contributed by atoms with Crippen LogP contribution < -0.4 is 10.1 Å². The van der Waals surface area contributed by atoms with E-state index >= 15 is 0 Å². The minimum absolute atomic E-state index is 0.388. The Balaban J connectivity index is 1.94. The second-order valence-corrected chi connectivity index (χ2v) is 5.94. The van der Waals surface area contributed by atoms with Crippen LogP contribution in [-0.4, -0.2) is 13.7 Å². The molecule has 1 aromatic rings. The lowest BCUT2D eigenvalue weighted by Crippen LogP contribution is -2.33. The Labute approximate surface area is 117 Å². The summed E-state index contributed by atoms with van der Waals surface area (Å²) in [6, 6.07) is 8.76. The Morgan fingerprint density at radius 1 is 1.32 bits per heavy atom. The summed E-state index contributed by atoms with van der Waals surface area (Å²) in [5.74, 6) is 0.942. The molecule has 0 saturated heterocycles. The van der Waals surface area contributed by atoms with Crippen LogP contribution in [0, 0.1) is 5.41 Å². The minimum atomic E-state index is 0.388. The maximum Gasteiger partial charge on any atom is 0.119 e.